The molecule has 1 amide bonds. The fourth-order valence-electron chi connectivity index (χ4n) is 2.73. The van der Waals surface area contributed by atoms with E-state index in [2.05, 4.69) is 10.3 Å². The van der Waals surface area contributed by atoms with Gasteiger partial charge in [0.15, 0.2) is 11.9 Å². The second-order valence-electron chi connectivity index (χ2n) is 8.69. The lowest BCUT2D eigenvalue weighted by Crippen LogP contribution is -2.65. The van der Waals surface area contributed by atoms with Crippen LogP contribution in [0.25, 0.3) is 0 Å². The summed E-state index contributed by atoms with van der Waals surface area (Å²) in [6, 6.07) is 1.41. The van der Waals surface area contributed by atoms with E-state index in [1.807, 2.05) is 0 Å². The Kier molecular flexibility index (Phi) is 5.07. The molecule has 0 radical (unpaired) electrons. The van der Waals surface area contributed by atoms with Gasteiger partial charge >= 0.3 is 0 Å². The summed E-state index contributed by atoms with van der Waals surface area (Å²) in [7, 11) is 0. The molecule has 0 unspecified atom stereocenters. The standard InChI is InChI=1S/C19H26F2N4O3/c1-17(2,3)19(22,11-26)24-16(27)13-6-15(28-8-12-4-5-12)14(7-23-13)25-9-18(20,21)10-25/h6-7,11-12H,4-5,8-10,22H2,1-3H3,(H,24,27)/t19-/m0/s1. The number of nitrogens with zero attached hydrogens (tertiary/aromatic N) is 2. The van der Waals surface area contributed by atoms with Crippen LogP contribution in [0.15, 0.2) is 12.3 Å². The van der Waals surface area contributed by atoms with Crippen LogP contribution < -0.4 is 20.7 Å². The maximum Gasteiger partial charge on any atom is 0.282 e. The minimum absolute atomic E-state index is 0.00255. The largest absolute Gasteiger partial charge is 0.491 e. The molecule has 154 valence electrons. The quantitative estimate of drug-likeness (QED) is 0.540. The smallest absolute Gasteiger partial charge is 0.282 e. The fraction of sp³-hybridized carbons (Fsp3) is 0.632. The van der Waals surface area contributed by atoms with Gasteiger partial charge in [0, 0.05) is 11.5 Å². The number of aldehydes is 1. The zero-order chi connectivity index (χ0) is 20.7. The predicted molar refractivity (Wildman–Crippen MR) is 99.5 cm³/mol. The van der Waals surface area contributed by atoms with Crippen LogP contribution in [0, 0.1) is 11.3 Å². The highest BCUT2D eigenvalue weighted by Gasteiger charge is 2.45. The number of hydrogen-bond acceptors (Lipinski definition) is 6. The second-order valence-corrected chi connectivity index (χ2v) is 8.69. The predicted octanol–water partition coefficient (Wildman–Crippen LogP) is 1.96. The third kappa shape index (κ3) is 4.24. The lowest BCUT2D eigenvalue weighted by molar-refractivity contribution is -0.116. The van der Waals surface area contributed by atoms with E-state index in [1.54, 1.807) is 20.8 Å². The molecule has 0 aromatic carbocycles. The molecule has 1 aliphatic heterocycles. The molecule has 3 rings (SSSR count). The average Bonchev–Trinajstić information content (AvgIpc) is 3.40. The Hall–Kier alpha value is -2.29. The first-order valence-electron chi connectivity index (χ1n) is 9.27. The molecule has 2 heterocycles. The maximum absolute atomic E-state index is 13.3. The van der Waals surface area contributed by atoms with E-state index in [9.17, 15) is 18.4 Å². The summed E-state index contributed by atoms with van der Waals surface area (Å²) < 4.78 is 32.3. The van der Waals surface area contributed by atoms with Gasteiger partial charge in [-0.2, -0.15) is 0 Å². The Morgan fingerprint density at radius 1 is 1.43 bits per heavy atom. The number of alkyl halides is 2. The van der Waals surface area contributed by atoms with Gasteiger partial charge in [-0.3, -0.25) is 9.59 Å². The topological polar surface area (TPSA) is 97.5 Å². The van der Waals surface area contributed by atoms with E-state index < -0.39 is 36.0 Å². The fourth-order valence-corrected chi connectivity index (χ4v) is 2.73. The SMILES string of the molecule is CC(C)(C)[C@](N)(C=O)NC(=O)c1cc(OCC2CC2)c(N2CC(F)(F)C2)cn1. The molecule has 3 N–H and O–H groups in total. The first-order chi connectivity index (χ1) is 12.9. The van der Waals surface area contributed by atoms with Gasteiger partial charge in [-0.1, -0.05) is 20.8 Å². The van der Waals surface area contributed by atoms with Crippen molar-refractivity contribution in [1.29, 1.82) is 0 Å². The third-order valence-electron chi connectivity index (χ3n) is 5.18. The summed E-state index contributed by atoms with van der Waals surface area (Å²) in [5, 5.41) is 2.51. The lowest BCUT2D eigenvalue weighted by atomic mass is 9.82. The number of halogens is 2. The molecule has 2 aliphatic rings. The summed E-state index contributed by atoms with van der Waals surface area (Å²) in [5.41, 5.74) is 4.16. The number of aromatic nitrogens is 1. The molecule has 0 spiro atoms. The van der Waals surface area contributed by atoms with Crippen molar-refractivity contribution in [3.05, 3.63) is 18.0 Å². The molecular formula is C19H26F2N4O3. The third-order valence-corrected chi connectivity index (χ3v) is 5.18. The van der Waals surface area contributed by atoms with Gasteiger partial charge in [0.05, 0.1) is 31.6 Å². The first kappa shape index (κ1) is 20.4. The van der Waals surface area contributed by atoms with Crippen molar-refractivity contribution in [2.45, 2.75) is 45.2 Å². The molecule has 28 heavy (non-hydrogen) atoms. The number of pyridine rings is 1. The number of amides is 1. The summed E-state index contributed by atoms with van der Waals surface area (Å²) in [6.07, 6.45) is 3.97. The van der Waals surface area contributed by atoms with Gasteiger partial charge in [-0.15, -0.1) is 0 Å². The van der Waals surface area contributed by atoms with E-state index in [4.69, 9.17) is 10.5 Å². The van der Waals surface area contributed by atoms with Crippen molar-refractivity contribution in [3.8, 4) is 5.75 Å². The number of nitrogens with two attached hydrogens (primary N) is 1. The Labute approximate surface area is 162 Å². The van der Waals surface area contributed by atoms with E-state index in [0.29, 0.717) is 30.2 Å². The maximum atomic E-state index is 13.3. The average molecular weight is 396 g/mol. The Bertz CT molecular complexity index is 769. The molecule has 1 aromatic heterocycles. The molecule has 1 saturated heterocycles. The van der Waals surface area contributed by atoms with Crippen molar-refractivity contribution in [2.24, 2.45) is 17.1 Å². The Morgan fingerprint density at radius 2 is 2.07 bits per heavy atom. The van der Waals surface area contributed by atoms with Crippen molar-refractivity contribution in [2.75, 3.05) is 24.6 Å². The minimum Gasteiger partial charge on any atom is -0.491 e. The normalized spacial score (nSPS) is 20.7. The molecule has 9 heteroatoms. The van der Waals surface area contributed by atoms with Crippen molar-refractivity contribution in [1.82, 2.24) is 10.3 Å². The van der Waals surface area contributed by atoms with Crippen LogP contribution >= 0.6 is 0 Å². The summed E-state index contributed by atoms with van der Waals surface area (Å²) in [5.74, 6) is -2.60. The highest BCUT2D eigenvalue weighted by Crippen LogP contribution is 2.38. The number of carbonyl (C=O) groups excluding carboxylic acids is 2. The monoisotopic (exact) mass is 396 g/mol. The highest BCUT2D eigenvalue weighted by molar-refractivity contribution is 5.95. The number of ether oxygens (including phenoxy) is 1. The number of hydrogen-bond donors (Lipinski definition) is 2. The number of anilines is 1. The van der Waals surface area contributed by atoms with Gasteiger partial charge in [0.2, 0.25) is 0 Å². The Morgan fingerprint density at radius 3 is 2.57 bits per heavy atom. The molecule has 1 aliphatic carbocycles. The summed E-state index contributed by atoms with van der Waals surface area (Å²) in [6.45, 7) is 4.81. The van der Waals surface area contributed by atoms with Gasteiger partial charge in [0.1, 0.15) is 11.4 Å². The molecule has 2 fully saturated rings. The van der Waals surface area contributed by atoms with E-state index in [-0.39, 0.29) is 5.69 Å². The van der Waals surface area contributed by atoms with Crippen LogP contribution in [0.3, 0.4) is 0 Å². The lowest BCUT2D eigenvalue weighted by Gasteiger charge is -2.40. The minimum atomic E-state index is -2.74. The van der Waals surface area contributed by atoms with Crippen LogP contribution in [-0.4, -0.2) is 48.5 Å². The number of nitrogens with one attached hydrogen (secondary N) is 1. The van der Waals surface area contributed by atoms with Crippen molar-refractivity contribution in [3.63, 3.8) is 0 Å². The van der Waals surface area contributed by atoms with Gasteiger partial charge < -0.3 is 20.7 Å². The molecule has 0 bridgehead atoms. The second kappa shape index (κ2) is 6.95. The van der Waals surface area contributed by atoms with Crippen molar-refractivity contribution >= 4 is 17.9 Å². The van der Waals surface area contributed by atoms with E-state index in [0.717, 1.165) is 12.8 Å². The molecule has 1 atom stereocenters. The highest BCUT2D eigenvalue weighted by atomic mass is 19.3. The molecule has 7 nitrogen and oxygen atoms in total. The van der Waals surface area contributed by atoms with Crippen LogP contribution in [0.4, 0.5) is 14.5 Å². The van der Waals surface area contributed by atoms with Gasteiger partial charge in [-0.05, 0) is 18.8 Å². The van der Waals surface area contributed by atoms with Crippen LogP contribution in [-0.2, 0) is 4.79 Å². The molecular weight excluding hydrogens is 370 g/mol. The van der Waals surface area contributed by atoms with Gasteiger partial charge in [0.25, 0.3) is 11.8 Å². The number of rotatable bonds is 7. The Balaban J connectivity index is 1.81. The zero-order valence-corrected chi connectivity index (χ0v) is 16.3. The van der Waals surface area contributed by atoms with Crippen LogP contribution in [0.2, 0.25) is 0 Å². The van der Waals surface area contributed by atoms with Crippen LogP contribution in [0.1, 0.15) is 44.1 Å². The van der Waals surface area contributed by atoms with Gasteiger partial charge in [-0.25, -0.2) is 13.8 Å². The summed E-state index contributed by atoms with van der Waals surface area (Å²) in [4.78, 5) is 29.7. The summed E-state index contributed by atoms with van der Waals surface area (Å²) >= 11 is 0. The van der Waals surface area contributed by atoms with Crippen LogP contribution in [0.5, 0.6) is 5.75 Å². The van der Waals surface area contributed by atoms with Crippen molar-refractivity contribution < 1.29 is 23.1 Å². The first-order valence-corrected chi connectivity index (χ1v) is 9.27. The van der Waals surface area contributed by atoms with E-state index >= 15 is 0 Å². The molecule has 1 saturated carbocycles. The van der Waals surface area contributed by atoms with E-state index in [1.165, 1.54) is 17.2 Å². The molecule has 1 aromatic rings. The zero-order valence-electron chi connectivity index (χ0n) is 16.3. The number of carbonyl (C=O) groups is 2.